The molecule has 0 unspecified atom stereocenters. The standard InChI is InChI=1S/C21H27N3OS/c1-5-6-7-20(14-17(2)18(3)22-4)23-9-11-24(12-10-23)21(25)15-19-8-13-26-16-19/h5-6,8,13-14,16H,2-4,7,9-12,15H2,1H3. The topological polar surface area (TPSA) is 35.9 Å². The highest BCUT2D eigenvalue weighted by Gasteiger charge is 2.22. The molecule has 0 saturated carbocycles. The van der Waals surface area contributed by atoms with E-state index in [9.17, 15) is 4.79 Å². The van der Waals surface area contributed by atoms with Gasteiger partial charge in [-0.15, -0.1) is 0 Å². The van der Waals surface area contributed by atoms with Crippen LogP contribution in [0, 0.1) is 0 Å². The Balaban J connectivity index is 1.98. The first kappa shape index (κ1) is 19.9. The minimum absolute atomic E-state index is 0.204. The Morgan fingerprint density at radius 1 is 1.27 bits per heavy atom. The van der Waals surface area contributed by atoms with Crippen molar-refractivity contribution < 1.29 is 4.79 Å². The summed E-state index contributed by atoms with van der Waals surface area (Å²) in [6.45, 7) is 16.5. The van der Waals surface area contributed by atoms with Gasteiger partial charge >= 0.3 is 0 Å². The second-order valence-corrected chi connectivity index (χ2v) is 7.00. The highest BCUT2D eigenvalue weighted by atomic mass is 32.1. The summed E-state index contributed by atoms with van der Waals surface area (Å²) in [6, 6.07) is 2.02. The molecule has 0 aliphatic carbocycles. The summed E-state index contributed by atoms with van der Waals surface area (Å²) in [5, 5.41) is 4.05. The monoisotopic (exact) mass is 369 g/mol. The van der Waals surface area contributed by atoms with E-state index in [4.69, 9.17) is 0 Å². The number of hydrogen-bond donors (Lipinski definition) is 0. The van der Waals surface area contributed by atoms with Gasteiger partial charge in [-0.2, -0.15) is 11.3 Å². The molecule has 5 heteroatoms. The van der Waals surface area contributed by atoms with E-state index < -0.39 is 0 Å². The predicted molar refractivity (Wildman–Crippen MR) is 112 cm³/mol. The number of nitrogens with zero attached hydrogens (tertiary/aromatic N) is 3. The van der Waals surface area contributed by atoms with Crippen molar-refractivity contribution in [3.8, 4) is 0 Å². The number of amides is 1. The van der Waals surface area contributed by atoms with Gasteiger partial charge in [0.15, 0.2) is 0 Å². The Labute approximate surface area is 160 Å². The molecule has 2 rings (SSSR count). The molecule has 1 saturated heterocycles. The van der Waals surface area contributed by atoms with Crippen LogP contribution in [-0.4, -0.2) is 48.6 Å². The zero-order valence-electron chi connectivity index (χ0n) is 15.5. The van der Waals surface area contributed by atoms with Gasteiger partial charge in [-0.1, -0.05) is 25.3 Å². The fourth-order valence-electron chi connectivity index (χ4n) is 2.83. The molecule has 1 aliphatic rings. The van der Waals surface area contributed by atoms with Crippen molar-refractivity contribution in [1.82, 2.24) is 9.80 Å². The molecule has 1 aliphatic heterocycles. The molecule has 0 bridgehead atoms. The van der Waals surface area contributed by atoms with E-state index in [0.717, 1.165) is 43.7 Å². The van der Waals surface area contributed by atoms with E-state index >= 15 is 0 Å². The van der Waals surface area contributed by atoms with Gasteiger partial charge in [0.2, 0.25) is 5.91 Å². The molecule has 0 spiro atoms. The van der Waals surface area contributed by atoms with Crippen molar-refractivity contribution in [2.45, 2.75) is 19.8 Å². The van der Waals surface area contributed by atoms with Crippen LogP contribution in [0.4, 0.5) is 0 Å². The van der Waals surface area contributed by atoms with E-state index in [1.54, 1.807) is 11.3 Å². The third-order valence-corrected chi connectivity index (χ3v) is 5.17. The van der Waals surface area contributed by atoms with E-state index in [2.05, 4.69) is 35.8 Å². The fraction of sp³-hybridized carbons (Fsp3) is 0.333. The van der Waals surface area contributed by atoms with E-state index in [0.29, 0.717) is 12.1 Å². The van der Waals surface area contributed by atoms with Crippen LogP contribution in [0.25, 0.3) is 0 Å². The number of aliphatic imine (C=N–C) groups is 1. The van der Waals surface area contributed by atoms with Crippen LogP contribution >= 0.6 is 11.3 Å². The largest absolute Gasteiger partial charge is 0.371 e. The third-order valence-electron chi connectivity index (χ3n) is 4.44. The quantitative estimate of drug-likeness (QED) is 0.394. The summed E-state index contributed by atoms with van der Waals surface area (Å²) >= 11 is 1.63. The summed E-state index contributed by atoms with van der Waals surface area (Å²) in [4.78, 5) is 20.6. The molecule has 1 aromatic rings. The zero-order valence-corrected chi connectivity index (χ0v) is 16.3. The van der Waals surface area contributed by atoms with Crippen molar-refractivity contribution in [3.63, 3.8) is 0 Å². The number of carbonyl (C=O) groups is 1. The normalized spacial score (nSPS) is 15.3. The lowest BCUT2D eigenvalue weighted by Crippen LogP contribution is -2.48. The Hall–Kier alpha value is -2.40. The van der Waals surface area contributed by atoms with Gasteiger partial charge in [-0.25, -0.2) is 0 Å². The smallest absolute Gasteiger partial charge is 0.227 e. The summed E-state index contributed by atoms with van der Waals surface area (Å²) in [7, 11) is 0. The highest BCUT2D eigenvalue weighted by molar-refractivity contribution is 7.08. The Kier molecular flexibility index (Phi) is 7.60. The van der Waals surface area contributed by atoms with Crippen molar-refractivity contribution in [3.05, 3.63) is 70.7 Å². The second-order valence-electron chi connectivity index (χ2n) is 6.22. The van der Waals surface area contributed by atoms with Crippen LogP contribution in [-0.2, 0) is 11.2 Å². The van der Waals surface area contributed by atoms with Gasteiger partial charge < -0.3 is 9.80 Å². The van der Waals surface area contributed by atoms with Gasteiger partial charge in [-0.05, 0) is 47.7 Å². The number of rotatable bonds is 8. The molecule has 0 radical (unpaired) electrons. The van der Waals surface area contributed by atoms with Gasteiger partial charge in [0.05, 0.1) is 12.1 Å². The Morgan fingerprint density at radius 3 is 2.54 bits per heavy atom. The molecule has 2 heterocycles. The van der Waals surface area contributed by atoms with Crippen LogP contribution in [0.2, 0.25) is 0 Å². The van der Waals surface area contributed by atoms with Crippen molar-refractivity contribution >= 4 is 24.0 Å². The van der Waals surface area contributed by atoms with Crippen molar-refractivity contribution in [2.24, 2.45) is 4.99 Å². The summed E-state index contributed by atoms with van der Waals surface area (Å²) < 4.78 is 0. The lowest BCUT2D eigenvalue weighted by atomic mass is 10.1. The molecule has 1 aromatic heterocycles. The minimum Gasteiger partial charge on any atom is -0.371 e. The fourth-order valence-corrected chi connectivity index (χ4v) is 3.50. The first-order chi connectivity index (χ1) is 12.5. The molecular formula is C21H27N3OS. The van der Waals surface area contributed by atoms with E-state index in [1.165, 1.54) is 5.70 Å². The Morgan fingerprint density at radius 2 is 1.96 bits per heavy atom. The average molecular weight is 370 g/mol. The number of allylic oxidation sites excluding steroid dienone is 3. The summed E-state index contributed by atoms with van der Waals surface area (Å²) in [5.74, 6) is 0.204. The molecule has 4 nitrogen and oxygen atoms in total. The first-order valence-electron chi connectivity index (χ1n) is 8.75. The maximum absolute atomic E-state index is 12.5. The third kappa shape index (κ3) is 5.56. The average Bonchev–Trinajstić information content (AvgIpc) is 3.17. The zero-order chi connectivity index (χ0) is 18.9. The second kappa shape index (κ2) is 9.92. The van der Waals surface area contributed by atoms with Gasteiger partial charge in [0.1, 0.15) is 0 Å². The molecule has 26 heavy (non-hydrogen) atoms. The maximum atomic E-state index is 12.5. The minimum atomic E-state index is 0.204. The predicted octanol–water partition coefficient (Wildman–Crippen LogP) is 4.06. The number of carbonyl (C=O) groups excluding carboxylic acids is 1. The van der Waals surface area contributed by atoms with Crippen LogP contribution in [0.15, 0.2) is 70.2 Å². The molecule has 0 atom stereocenters. The molecule has 0 aromatic carbocycles. The number of piperazine rings is 1. The van der Waals surface area contributed by atoms with Gasteiger partial charge in [-0.3, -0.25) is 9.79 Å². The van der Waals surface area contributed by atoms with E-state index in [-0.39, 0.29) is 5.91 Å². The number of hydrogen-bond acceptors (Lipinski definition) is 4. The molecule has 0 N–H and O–H groups in total. The van der Waals surface area contributed by atoms with E-state index in [1.807, 2.05) is 40.8 Å². The number of thiophene rings is 1. The molecule has 1 fully saturated rings. The molecule has 138 valence electrons. The van der Waals surface area contributed by atoms with Crippen LogP contribution in [0.1, 0.15) is 18.9 Å². The van der Waals surface area contributed by atoms with Gasteiger partial charge in [0.25, 0.3) is 0 Å². The molecule has 1 amide bonds. The first-order valence-corrected chi connectivity index (χ1v) is 9.70. The summed E-state index contributed by atoms with van der Waals surface area (Å²) in [6.07, 6.45) is 7.50. The summed E-state index contributed by atoms with van der Waals surface area (Å²) in [5.41, 5.74) is 3.63. The lowest BCUT2D eigenvalue weighted by molar-refractivity contribution is -0.131. The van der Waals surface area contributed by atoms with Crippen LogP contribution < -0.4 is 0 Å². The van der Waals surface area contributed by atoms with Gasteiger partial charge in [0, 0.05) is 38.3 Å². The highest BCUT2D eigenvalue weighted by Crippen LogP contribution is 2.19. The van der Waals surface area contributed by atoms with Crippen LogP contribution in [0.3, 0.4) is 0 Å². The van der Waals surface area contributed by atoms with Crippen LogP contribution in [0.5, 0.6) is 0 Å². The molecular weight excluding hydrogens is 342 g/mol. The van der Waals surface area contributed by atoms with Crippen molar-refractivity contribution in [1.29, 1.82) is 0 Å². The Bertz CT molecular complexity index is 708. The van der Waals surface area contributed by atoms with Crippen molar-refractivity contribution in [2.75, 3.05) is 26.2 Å². The lowest BCUT2D eigenvalue weighted by Gasteiger charge is -2.37. The maximum Gasteiger partial charge on any atom is 0.227 e. The SMILES string of the molecule is C=NC(=C)C(=C)C=C(CC=CC)N1CCN(C(=O)Cc2ccsc2)CC1.